The van der Waals surface area contributed by atoms with Gasteiger partial charge in [0.05, 0.1) is 11.8 Å². The van der Waals surface area contributed by atoms with E-state index in [1.807, 2.05) is 60.7 Å². The summed E-state index contributed by atoms with van der Waals surface area (Å²) in [5, 5.41) is 43.2. The maximum atomic E-state index is 11.5. The van der Waals surface area contributed by atoms with Crippen LogP contribution in [0, 0.1) is 10.4 Å². The van der Waals surface area contributed by atoms with E-state index in [9.17, 15) is 15.6 Å². The van der Waals surface area contributed by atoms with Gasteiger partial charge >= 0.3 is 0 Å². The Bertz CT molecular complexity index is 947. The molecule has 0 saturated heterocycles. The van der Waals surface area contributed by atoms with Crippen LogP contribution < -0.4 is 15.9 Å². The second kappa shape index (κ2) is 9.89. The minimum absolute atomic E-state index is 0.0932. The van der Waals surface area contributed by atoms with Crippen molar-refractivity contribution in [1.82, 2.24) is 0 Å². The zero-order valence-corrected chi connectivity index (χ0v) is 15.6. The van der Waals surface area contributed by atoms with Gasteiger partial charge in [-0.3, -0.25) is 5.43 Å². The molecule has 0 heterocycles. The van der Waals surface area contributed by atoms with Crippen LogP contribution in [-0.2, 0) is 6.42 Å². The topological polar surface area (TPSA) is 120 Å². The molecular formula is C21H22N4O4. The molecule has 0 aliphatic rings. The largest absolute Gasteiger partial charge is 0.595 e. The van der Waals surface area contributed by atoms with Crippen molar-refractivity contribution in [2.75, 3.05) is 5.43 Å². The van der Waals surface area contributed by atoms with Gasteiger partial charge in [-0.25, -0.2) is 10.4 Å². The molecule has 0 saturated carbocycles. The van der Waals surface area contributed by atoms with Crippen molar-refractivity contribution < 1.29 is 20.9 Å². The minimum Gasteiger partial charge on any atom is -0.595 e. The zero-order chi connectivity index (χ0) is 20.6. The van der Waals surface area contributed by atoms with Gasteiger partial charge in [-0.2, -0.15) is 15.6 Å². The second-order valence-electron chi connectivity index (χ2n) is 6.39. The summed E-state index contributed by atoms with van der Waals surface area (Å²) in [6.45, 7) is 0. The highest BCUT2D eigenvalue weighted by Crippen LogP contribution is 2.21. The molecule has 0 radical (unpaired) electrons. The molecule has 0 amide bonds. The predicted molar refractivity (Wildman–Crippen MR) is 109 cm³/mol. The molecule has 2 unspecified atom stereocenters. The summed E-state index contributed by atoms with van der Waals surface area (Å²) in [6.07, 6.45) is 1.43. The van der Waals surface area contributed by atoms with Crippen molar-refractivity contribution in [3.63, 3.8) is 0 Å². The predicted octanol–water partition coefficient (Wildman–Crippen LogP) is 1.94. The monoisotopic (exact) mass is 394 g/mol. The zero-order valence-electron chi connectivity index (χ0n) is 15.6. The van der Waals surface area contributed by atoms with E-state index in [0.29, 0.717) is 6.42 Å². The van der Waals surface area contributed by atoms with Gasteiger partial charge in [0.1, 0.15) is 5.69 Å². The summed E-state index contributed by atoms with van der Waals surface area (Å²) in [4.78, 5) is 0. The van der Waals surface area contributed by atoms with E-state index in [2.05, 4.69) is 10.5 Å². The van der Waals surface area contributed by atoms with Crippen LogP contribution in [0.1, 0.15) is 17.5 Å². The minimum atomic E-state index is -1.23. The molecule has 0 fully saturated rings. The Morgan fingerprint density at radius 1 is 0.862 bits per heavy atom. The number of rotatable bonds is 8. The second-order valence-corrected chi connectivity index (χ2v) is 6.39. The van der Waals surface area contributed by atoms with Crippen LogP contribution >= 0.6 is 0 Å². The molecule has 0 aliphatic heterocycles. The van der Waals surface area contributed by atoms with E-state index >= 15 is 0 Å². The lowest BCUT2D eigenvalue weighted by atomic mass is 10.0. The van der Waals surface area contributed by atoms with Gasteiger partial charge in [-0.1, -0.05) is 60.7 Å². The fourth-order valence-electron chi connectivity index (χ4n) is 2.88. The normalized spacial score (nSPS) is 13.7. The Morgan fingerprint density at radius 2 is 1.52 bits per heavy atom. The molecule has 29 heavy (non-hydrogen) atoms. The molecule has 5 N–H and O–H groups in total. The average Bonchev–Trinajstić information content (AvgIpc) is 2.75. The molecule has 8 nitrogen and oxygen atoms in total. The van der Waals surface area contributed by atoms with Crippen molar-refractivity contribution in [2.45, 2.75) is 12.8 Å². The molecule has 8 heteroatoms. The number of hydrazone groups is 1. The third-order valence-electron chi connectivity index (χ3n) is 4.41. The number of quaternary nitrogens is 2. The quantitative estimate of drug-likeness (QED) is 0.295. The van der Waals surface area contributed by atoms with Crippen molar-refractivity contribution in [2.24, 2.45) is 5.10 Å². The first-order valence-electron chi connectivity index (χ1n) is 9.07. The van der Waals surface area contributed by atoms with E-state index in [1.54, 1.807) is 0 Å². The summed E-state index contributed by atoms with van der Waals surface area (Å²) in [5.74, 6) is 0. The fourth-order valence-corrected chi connectivity index (χ4v) is 2.88. The van der Waals surface area contributed by atoms with Gasteiger partial charge in [-0.05, 0) is 30.0 Å². The Kier molecular flexibility index (Phi) is 7.04. The van der Waals surface area contributed by atoms with E-state index in [1.165, 1.54) is 17.7 Å². The standard InChI is InChI=1S/C21H22N4O4/c26-24(27)18-12-14-20(21(15-18)25(28)29)23-22-19(17-9-5-2-6-10-17)13-11-16-7-3-1-4-8-16/h1-10,12,14-15,23-26,28H,11,13H2. The lowest BCUT2D eigenvalue weighted by Crippen LogP contribution is -3.00. The highest BCUT2D eigenvalue weighted by Gasteiger charge is 2.14. The number of hydrogen-bond acceptors (Lipinski definition) is 6. The Hall–Kier alpha value is -3.11. The van der Waals surface area contributed by atoms with Crippen molar-refractivity contribution in [3.8, 4) is 0 Å². The number of aryl methyl sites for hydroxylation is 1. The van der Waals surface area contributed by atoms with Crippen molar-refractivity contribution >= 4 is 22.8 Å². The first kappa shape index (κ1) is 20.6. The van der Waals surface area contributed by atoms with Crippen LogP contribution in [0.15, 0.2) is 84.0 Å². The number of nitrogens with zero attached hydrogens (tertiary/aromatic N) is 1. The molecule has 3 rings (SSSR count). The first-order valence-corrected chi connectivity index (χ1v) is 9.07. The van der Waals surface area contributed by atoms with Crippen molar-refractivity contribution in [1.29, 1.82) is 0 Å². The maximum Gasteiger partial charge on any atom is 0.195 e. The molecule has 3 aromatic carbocycles. The molecule has 0 spiro atoms. The number of nitrogens with one attached hydrogen (secondary N) is 3. The van der Waals surface area contributed by atoms with Gasteiger partial charge in [0, 0.05) is 6.07 Å². The smallest absolute Gasteiger partial charge is 0.195 e. The fraction of sp³-hybridized carbons (Fsp3) is 0.0952. The molecule has 150 valence electrons. The first-order chi connectivity index (χ1) is 14.0. The van der Waals surface area contributed by atoms with Crippen LogP contribution in [-0.4, -0.2) is 16.1 Å². The molecule has 0 bridgehead atoms. The van der Waals surface area contributed by atoms with Crippen LogP contribution in [0.5, 0.6) is 0 Å². The summed E-state index contributed by atoms with van der Waals surface area (Å²) < 4.78 is 0. The van der Waals surface area contributed by atoms with Gasteiger partial charge in [0.25, 0.3) is 0 Å². The highest BCUT2D eigenvalue weighted by atomic mass is 16.8. The summed E-state index contributed by atoms with van der Waals surface area (Å²) in [7, 11) is 0. The Balaban J connectivity index is 1.86. The maximum absolute atomic E-state index is 11.5. The SMILES string of the molecule is [O-][NH+](O)c1ccc(NN=C(CCc2ccccc2)c2ccccc2)c([NH+]([O-])O)c1. The third kappa shape index (κ3) is 5.69. The lowest BCUT2D eigenvalue weighted by molar-refractivity contribution is -0.996. The van der Waals surface area contributed by atoms with Crippen LogP contribution in [0.2, 0.25) is 0 Å². The lowest BCUT2D eigenvalue weighted by Gasteiger charge is -2.18. The number of hydrogen-bond donors (Lipinski definition) is 5. The number of benzene rings is 3. The van der Waals surface area contributed by atoms with Gasteiger partial charge in [-0.15, -0.1) is 0 Å². The van der Waals surface area contributed by atoms with E-state index in [4.69, 9.17) is 5.21 Å². The average molecular weight is 394 g/mol. The summed E-state index contributed by atoms with van der Waals surface area (Å²) in [6, 6.07) is 23.5. The molecule has 0 aromatic heterocycles. The molecule has 3 aromatic rings. The summed E-state index contributed by atoms with van der Waals surface area (Å²) in [5.41, 5.74) is 5.67. The van der Waals surface area contributed by atoms with E-state index in [-0.39, 0.29) is 17.1 Å². The van der Waals surface area contributed by atoms with E-state index < -0.39 is 10.5 Å². The molecule has 2 atom stereocenters. The number of anilines is 1. The molecular weight excluding hydrogens is 372 g/mol. The van der Waals surface area contributed by atoms with Gasteiger partial charge in [0.2, 0.25) is 0 Å². The van der Waals surface area contributed by atoms with Crippen LogP contribution in [0.4, 0.5) is 17.1 Å². The van der Waals surface area contributed by atoms with Gasteiger partial charge in [0.15, 0.2) is 11.4 Å². The highest BCUT2D eigenvalue weighted by molar-refractivity contribution is 6.01. The Morgan fingerprint density at radius 3 is 2.14 bits per heavy atom. The van der Waals surface area contributed by atoms with Gasteiger partial charge < -0.3 is 10.4 Å². The van der Waals surface area contributed by atoms with Crippen LogP contribution in [0.25, 0.3) is 0 Å². The van der Waals surface area contributed by atoms with Crippen LogP contribution in [0.3, 0.4) is 0 Å². The molecule has 0 aliphatic carbocycles. The Labute approximate surface area is 168 Å². The third-order valence-corrected chi connectivity index (χ3v) is 4.41. The van der Waals surface area contributed by atoms with Crippen molar-refractivity contribution in [3.05, 3.63) is 100 Å². The summed E-state index contributed by atoms with van der Waals surface area (Å²) >= 11 is 0. The van der Waals surface area contributed by atoms with E-state index in [0.717, 1.165) is 23.8 Å².